The summed E-state index contributed by atoms with van der Waals surface area (Å²) in [6.45, 7) is 4.95. The molecule has 0 amide bonds. The molecule has 1 fully saturated rings. The molecule has 1 saturated heterocycles. The van der Waals surface area contributed by atoms with Gasteiger partial charge in [0.1, 0.15) is 12.4 Å². The van der Waals surface area contributed by atoms with Gasteiger partial charge in [0.15, 0.2) is 0 Å². The Labute approximate surface area is 133 Å². The first-order valence-corrected chi connectivity index (χ1v) is 8.39. The van der Waals surface area contributed by atoms with Gasteiger partial charge in [-0.15, -0.1) is 0 Å². The summed E-state index contributed by atoms with van der Waals surface area (Å²) >= 11 is 0. The van der Waals surface area contributed by atoms with Crippen molar-refractivity contribution in [2.24, 2.45) is 11.7 Å². The summed E-state index contributed by atoms with van der Waals surface area (Å²) in [7, 11) is 0. The number of hydrogen-bond acceptors (Lipinski definition) is 3. The SMILES string of the molecule is NCCC1CCCN(CCOc2ccc3ccccc3c2)C1. The van der Waals surface area contributed by atoms with Crippen molar-refractivity contribution in [3.63, 3.8) is 0 Å². The molecule has 0 saturated carbocycles. The molecule has 0 radical (unpaired) electrons. The number of nitrogens with zero attached hydrogens (tertiary/aromatic N) is 1. The van der Waals surface area contributed by atoms with Crippen molar-refractivity contribution in [2.45, 2.75) is 19.3 Å². The Kier molecular flexibility index (Phi) is 5.30. The first kappa shape index (κ1) is 15.3. The second-order valence-corrected chi connectivity index (χ2v) is 6.24. The molecule has 3 rings (SSSR count). The third-order valence-electron chi connectivity index (χ3n) is 4.58. The molecule has 0 aromatic heterocycles. The summed E-state index contributed by atoms with van der Waals surface area (Å²) < 4.78 is 5.95. The lowest BCUT2D eigenvalue weighted by Gasteiger charge is -2.32. The third kappa shape index (κ3) is 3.99. The molecule has 0 bridgehead atoms. The minimum atomic E-state index is 0.758. The monoisotopic (exact) mass is 298 g/mol. The Morgan fingerprint density at radius 1 is 1.14 bits per heavy atom. The highest BCUT2D eigenvalue weighted by atomic mass is 16.5. The lowest BCUT2D eigenvalue weighted by molar-refractivity contribution is 0.144. The Bertz CT molecular complexity index is 597. The van der Waals surface area contributed by atoms with Gasteiger partial charge in [0.05, 0.1) is 0 Å². The zero-order chi connectivity index (χ0) is 15.2. The van der Waals surface area contributed by atoms with Crippen LogP contribution in [0.5, 0.6) is 5.75 Å². The van der Waals surface area contributed by atoms with E-state index in [1.54, 1.807) is 0 Å². The molecule has 118 valence electrons. The molecule has 1 aliphatic rings. The van der Waals surface area contributed by atoms with Gasteiger partial charge in [-0.1, -0.05) is 30.3 Å². The maximum Gasteiger partial charge on any atom is 0.120 e. The van der Waals surface area contributed by atoms with E-state index in [0.29, 0.717) is 0 Å². The number of piperidine rings is 1. The predicted molar refractivity (Wildman–Crippen MR) is 92.3 cm³/mol. The van der Waals surface area contributed by atoms with E-state index >= 15 is 0 Å². The van der Waals surface area contributed by atoms with Crippen molar-refractivity contribution in [2.75, 3.05) is 32.8 Å². The van der Waals surface area contributed by atoms with Crippen molar-refractivity contribution < 1.29 is 4.74 Å². The molecule has 0 spiro atoms. The normalized spacial score (nSPS) is 19.4. The van der Waals surface area contributed by atoms with E-state index in [-0.39, 0.29) is 0 Å². The lowest BCUT2D eigenvalue weighted by atomic mass is 9.95. The maximum absolute atomic E-state index is 5.95. The van der Waals surface area contributed by atoms with E-state index < -0.39 is 0 Å². The molecule has 2 aromatic carbocycles. The highest BCUT2D eigenvalue weighted by Crippen LogP contribution is 2.21. The Morgan fingerprint density at radius 2 is 2.00 bits per heavy atom. The smallest absolute Gasteiger partial charge is 0.120 e. The largest absolute Gasteiger partial charge is 0.492 e. The van der Waals surface area contributed by atoms with Crippen molar-refractivity contribution in [3.05, 3.63) is 42.5 Å². The highest BCUT2D eigenvalue weighted by Gasteiger charge is 2.18. The van der Waals surface area contributed by atoms with Crippen LogP contribution in [0.25, 0.3) is 10.8 Å². The molecule has 1 unspecified atom stereocenters. The summed E-state index contributed by atoms with van der Waals surface area (Å²) in [6.07, 6.45) is 3.78. The van der Waals surface area contributed by atoms with Crippen LogP contribution in [-0.4, -0.2) is 37.7 Å². The van der Waals surface area contributed by atoms with Crippen molar-refractivity contribution in [1.82, 2.24) is 4.90 Å². The molecule has 3 nitrogen and oxygen atoms in total. The molecule has 0 aliphatic carbocycles. The van der Waals surface area contributed by atoms with Gasteiger partial charge in [0.2, 0.25) is 0 Å². The van der Waals surface area contributed by atoms with Gasteiger partial charge in [-0.25, -0.2) is 0 Å². The molecule has 3 heteroatoms. The van der Waals surface area contributed by atoms with Crippen LogP contribution in [0.2, 0.25) is 0 Å². The standard InChI is InChI=1S/C19H26N2O/c20-10-9-16-4-3-11-21(15-16)12-13-22-19-8-7-17-5-1-2-6-18(17)14-19/h1-2,5-8,14,16H,3-4,9-13,15,20H2. The van der Waals surface area contributed by atoms with Crippen LogP contribution >= 0.6 is 0 Å². The van der Waals surface area contributed by atoms with Gasteiger partial charge >= 0.3 is 0 Å². The summed E-state index contributed by atoms with van der Waals surface area (Å²) in [5, 5.41) is 2.50. The van der Waals surface area contributed by atoms with Crippen molar-refractivity contribution in [1.29, 1.82) is 0 Å². The molecular weight excluding hydrogens is 272 g/mol. The fourth-order valence-corrected chi connectivity index (χ4v) is 3.38. The molecule has 2 aromatic rings. The zero-order valence-electron chi connectivity index (χ0n) is 13.2. The molecule has 1 atom stereocenters. The van der Waals surface area contributed by atoms with Gasteiger partial charge in [0, 0.05) is 13.1 Å². The van der Waals surface area contributed by atoms with Gasteiger partial charge in [-0.3, -0.25) is 4.90 Å². The molecule has 1 aliphatic heterocycles. The first-order chi connectivity index (χ1) is 10.8. The third-order valence-corrected chi connectivity index (χ3v) is 4.58. The second-order valence-electron chi connectivity index (χ2n) is 6.24. The topological polar surface area (TPSA) is 38.5 Å². The molecule has 2 N–H and O–H groups in total. The average Bonchev–Trinajstić information content (AvgIpc) is 2.55. The number of rotatable bonds is 6. The van der Waals surface area contributed by atoms with E-state index in [2.05, 4.69) is 47.4 Å². The van der Waals surface area contributed by atoms with E-state index in [9.17, 15) is 0 Å². The van der Waals surface area contributed by atoms with Gasteiger partial charge in [-0.05, 0) is 61.2 Å². The number of hydrogen-bond donors (Lipinski definition) is 1. The van der Waals surface area contributed by atoms with E-state index in [1.165, 1.54) is 36.7 Å². The Morgan fingerprint density at radius 3 is 2.86 bits per heavy atom. The van der Waals surface area contributed by atoms with Crippen LogP contribution in [-0.2, 0) is 0 Å². The fraction of sp³-hybridized carbons (Fsp3) is 0.474. The number of likely N-dealkylation sites (tertiary alicyclic amines) is 1. The first-order valence-electron chi connectivity index (χ1n) is 8.39. The highest BCUT2D eigenvalue weighted by molar-refractivity contribution is 5.83. The van der Waals surface area contributed by atoms with E-state index in [1.807, 2.05) is 0 Å². The van der Waals surface area contributed by atoms with Crippen LogP contribution < -0.4 is 10.5 Å². The minimum absolute atomic E-state index is 0.758. The number of ether oxygens (including phenoxy) is 1. The maximum atomic E-state index is 5.95. The molecule has 22 heavy (non-hydrogen) atoms. The molecular formula is C19H26N2O. The quantitative estimate of drug-likeness (QED) is 0.889. The van der Waals surface area contributed by atoms with Gasteiger partial charge in [-0.2, -0.15) is 0 Å². The van der Waals surface area contributed by atoms with Crippen LogP contribution in [0.1, 0.15) is 19.3 Å². The summed E-state index contributed by atoms with van der Waals surface area (Å²) in [5.74, 6) is 1.74. The summed E-state index contributed by atoms with van der Waals surface area (Å²) in [4.78, 5) is 2.52. The van der Waals surface area contributed by atoms with Crippen LogP contribution in [0.3, 0.4) is 0 Å². The van der Waals surface area contributed by atoms with Crippen LogP contribution in [0.15, 0.2) is 42.5 Å². The minimum Gasteiger partial charge on any atom is -0.492 e. The average molecular weight is 298 g/mol. The van der Waals surface area contributed by atoms with Crippen molar-refractivity contribution >= 4 is 10.8 Å². The fourth-order valence-electron chi connectivity index (χ4n) is 3.38. The Hall–Kier alpha value is -1.58. The van der Waals surface area contributed by atoms with Crippen LogP contribution in [0, 0.1) is 5.92 Å². The second kappa shape index (κ2) is 7.61. The van der Waals surface area contributed by atoms with Crippen molar-refractivity contribution in [3.8, 4) is 5.75 Å². The Balaban J connectivity index is 1.49. The summed E-state index contributed by atoms with van der Waals surface area (Å²) in [6, 6.07) is 14.7. The number of benzene rings is 2. The van der Waals surface area contributed by atoms with Gasteiger partial charge in [0.25, 0.3) is 0 Å². The lowest BCUT2D eigenvalue weighted by Crippen LogP contribution is -2.38. The zero-order valence-corrected chi connectivity index (χ0v) is 13.2. The van der Waals surface area contributed by atoms with E-state index in [0.717, 1.165) is 37.8 Å². The van der Waals surface area contributed by atoms with Crippen LogP contribution in [0.4, 0.5) is 0 Å². The van der Waals surface area contributed by atoms with Gasteiger partial charge < -0.3 is 10.5 Å². The molecule has 1 heterocycles. The van der Waals surface area contributed by atoms with E-state index in [4.69, 9.17) is 10.5 Å². The number of fused-ring (bicyclic) bond motifs is 1. The predicted octanol–water partition coefficient (Wildman–Crippen LogP) is 3.28. The number of nitrogens with two attached hydrogens (primary N) is 1. The summed E-state index contributed by atoms with van der Waals surface area (Å²) in [5.41, 5.74) is 5.68.